The molecule has 0 radical (unpaired) electrons. The highest BCUT2D eigenvalue weighted by atomic mass is 16.7. The largest absolute Gasteiger partial charge is 0.475 e. The third kappa shape index (κ3) is 1.16. The van der Waals surface area contributed by atoms with Crippen LogP contribution in [0.3, 0.4) is 0 Å². The average Bonchev–Trinajstić information content (AvgIpc) is 2.54. The number of hydrogen-bond acceptors (Lipinski definition) is 3. The molecule has 0 amide bonds. The van der Waals surface area contributed by atoms with Crippen LogP contribution in [-0.4, -0.2) is 24.8 Å². The van der Waals surface area contributed by atoms with E-state index in [0.29, 0.717) is 11.3 Å². The molecule has 3 saturated carbocycles. The predicted molar refractivity (Wildman–Crippen MR) is 63.8 cm³/mol. The van der Waals surface area contributed by atoms with Crippen molar-refractivity contribution in [2.24, 2.45) is 23.0 Å². The van der Waals surface area contributed by atoms with Gasteiger partial charge in [-0.3, -0.25) is 0 Å². The molecule has 5 atom stereocenters. The summed E-state index contributed by atoms with van der Waals surface area (Å²) in [5.41, 5.74) is 6.20. The lowest BCUT2D eigenvalue weighted by atomic mass is 9.43. The molecule has 4 fully saturated rings. The second-order valence-corrected chi connectivity index (χ2v) is 6.70. The summed E-state index contributed by atoms with van der Waals surface area (Å²) in [7, 11) is -0.204. The van der Waals surface area contributed by atoms with Gasteiger partial charge in [-0.15, -0.1) is 0 Å². The van der Waals surface area contributed by atoms with Crippen LogP contribution in [0.1, 0.15) is 40.5 Å². The second-order valence-electron chi connectivity index (χ2n) is 6.70. The van der Waals surface area contributed by atoms with Crippen LogP contribution in [-0.2, 0) is 9.31 Å². The fourth-order valence-electron chi connectivity index (χ4n) is 4.13. The Morgan fingerprint density at radius 1 is 1.31 bits per heavy atom. The topological polar surface area (TPSA) is 44.5 Å². The Labute approximate surface area is 98.2 Å². The van der Waals surface area contributed by atoms with Gasteiger partial charge in [0.05, 0.1) is 11.7 Å². The lowest BCUT2D eigenvalue weighted by molar-refractivity contribution is -0.199. The molecule has 3 aliphatic carbocycles. The fourth-order valence-corrected chi connectivity index (χ4v) is 4.13. The third-order valence-electron chi connectivity index (χ3n) is 5.40. The maximum atomic E-state index is 6.15. The van der Waals surface area contributed by atoms with Crippen molar-refractivity contribution in [1.29, 1.82) is 0 Å². The minimum Gasteiger partial charge on any atom is -0.404 e. The Kier molecular flexibility index (Phi) is 2.10. The molecule has 2 N–H and O–H groups in total. The van der Waals surface area contributed by atoms with E-state index < -0.39 is 0 Å². The molecule has 90 valence electrons. The minimum absolute atomic E-state index is 0.0391. The normalized spacial score (nSPS) is 50.8. The van der Waals surface area contributed by atoms with E-state index in [-0.39, 0.29) is 24.8 Å². The van der Waals surface area contributed by atoms with Gasteiger partial charge < -0.3 is 15.0 Å². The van der Waals surface area contributed by atoms with Gasteiger partial charge in [-0.05, 0) is 37.0 Å². The van der Waals surface area contributed by atoms with Crippen molar-refractivity contribution in [1.82, 2.24) is 0 Å². The predicted octanol–water partition coefficient (Wildman–Crippen LogP) is 1.60. The molecule has 4 rings (SSSR count). The maximum absolute atomic E-state index is 6.15. The van der Waals surface area contributed by atoms with Gasteiger partial charge in [0.1, 0.15) is 0 Å². The number of nitrogens with two attached hydrogens (primary N) is 1. The lowest BCUT2D eigenvalue weighted by Gasteiger charge is -2.64. The van der Waals surface area contributed by atoms with Gasteiger partial charge in [-0.1, -0.05) is 20.8 Å². The summed E-state index contributed by atoms with van der Waals surface area (Å²) < 4.78 is 12.1. The number of hydrogen-bond donors (Lipinski definition) is 1. The maximum Gasteiger partial charge on any atom is 0.475 e. The average molecular weight is 223 g/mol. The Morgan fingerprint density at radius 2 is 2.00 bits per heavy atom. The molecule has 4 heteroatoms. The van der Waals surface area contributed by atoms with Crippen LogP contribution in [0.4, 0.5) is 0 Å². The van der Waals surface area contributed by atoms with E-state index >= 15 is 0 Å². The van der Waals surface area contributed by atoms with Crippen LogP contribution >= 0.6 is 0 Å². The molecule has 4 aliphatic rings. The van der Waals surface area contributed by atoms with E-state index in [9.17, 15) is 0 Å². The van der Waals surface area contributed by atoms with Crippen LogP contribution < -0.4 is 5.73 Å². The van der Waals surface area contributed by atoms with Crippen molar-refractivity contribution in [2.75, 3.05) is 0 Å². The first kappa shape index (κ1) is 11.1. The zero-order chi connectivity index (χ0) is 11.7. The summed E-state index contributed by atoms with van der Waals surface area (Å²) in [6.07, 6.45) is 2.71. The van der Waals surface area contributed by atoms with Crippen LogP contribution in [0.25, 0.3) is 0 Å². The van der Waals surface area contributed by atoms with Gasteiger partial charge in [0.15, 0.2) is 0 Å². The van der Waals surface area contributed by atoms with Crippen molar-refractivity contribution < 1.29 is 9.31 Å². The van der Waals surface area contributed by atoms with Crippen LogP contribution in [0.2, 0.25) is 0 Å². The van der Waals surface area contributed by atoms with Crippen LogP contribution in [0.15, 0.2) is 0 Å². The van der Waals surface area contributed by atoms with E-state index in [4.69, 9.17) is 15.0 Å². The molecule has 1 aliphatic heterocycles. The van der Waals surface area contributed by atoms with E-state index in [0.717, 1.165) is 12.3 Å². The monoisotopic (exact) mass is 223 g/mol. The molecule has 0 spiro atoms. The van der Waals surface area contributed by atoms with E-state index in [1.54, 1.807) is 0 Å². The van der Waals surface area contributed by atoms with Gasteiger partial charge in [-0.2, -0.15) is 0 Å². The quantitative estimate of drug-likeness (QED) is 0.686. The second kappa shape index (κ2) is 3.03. The summed E-state index contributed by atoms with van der Waals surface area (Å²) in [4.78, 5) is 0. The molecule has 3 nitrogen and oxygen atoms in total. The van der Waals surface area contributed by atoms with Crippen molar-refractivity contribution in [3.05, 3.63) is 0 Å². The highest BCUT2D eigenvalue weighted by Gasteiger charge is 2.68. The van der Waals surface area contributed by atoms with Gasteiger partial charge in [0.25, 0.3) is 0 Å². The van der Waals surface area contributed by atoms with Crippen molar-refractivity contribution >= 4 is 7.12 Å². The highest BCUT2D eigenvalue weighted by Crippen LogP contribution is 2.65. The minimum atomic E-state index is -0.204. The van der Waals surface area contributed by atoms with Crippen molar-refractivity contribution in [2.45, 2.75) is 58.2 Å². The van der Waals surface area contributed by atoms with Gasteiger partial charge in [0, 0.05) is 5.94 Å². The lowest BCUT2D eigenvalue weighted by Crippen LogP contribution is -2.65. The first-order chi connectivity index (χ1) is 7.35. The van der Waals surface area contributed by atoms with Gasteiger partial charge in [-0.25, -0.2) is 0 Å². The summed E-state index contributed by atoms with van der Waals surface area (Å²) in [5.74, 6) is 1.40. The van der Waals surface area contributed by atoms with Gasteiger partial charge in [0.2, 0.25) is 0 Å². The molecule has 1 heterocycles. The van der Waals surface area contributed by atoms with Crippen molar-refractivity contribution in [3.63, 3.8) is 0 Å². The standard InChI is InChI=1S/C12H22BNO2/c1-7(14)13-15-10-6-8-5-9(11(8,2)3)12(10,4)16-13/h7-10H,5-6,14H2,1-4H3/t7-,8-,9+,10-,12+/m0/s1. The zero-order valence-electron chi connectivity index (χ0n) is 10.7. The Bertz CT molecular complexity index is 320. The zero-order valence-corrected chi connectivity index (χ0v) is 10.7. The highest BCUT2D eigenvalue weighted by molar-refractivity contribution is 6.47. The molecule has 2 bridgehead atoms. The van der Waals surface area contributed by atoms with E-state index in [2.05, 4.69) is 20.8 Å². The molecular weight excluding hydrogens is 201 g/mol. The van der Waals surface area contributed by atoms with Crippen LogP contribution in [0, 0.1) is 17.3 Å². The molecule has 0 aromatic heterocycles. The first-order valence-corrected chi connectivity index (χ1v) is 6.44. The Hall–Kier alpha value is -0.0551. The first-order valence-electron chi connectivity index (χ1n) is 6.44. The SMILES string of the molecule is C[C@H](N)B1O[C@H]2C[C@@H]3C[C@H](C3(C)C)[C@@]2(C)O1. The molecular formula is C12H22BNO2. The van der Waals surface area contributed by atoms with Crippen LogP contribution in [0.5, 0.6) is 0 Å². The molecule has 0 aromatic carbocycles. The Balaban J connectivity index is 1.87. The molecule has 0 aromatic rings. The molecule has 16 heavy (non-hydrogen) atoms. The summed E-state index contributed by atoms with van der Waals surface area (Å²) in [6, 6.07) is 0. The smallest absolute Gasteiger partial charge is 0.404 e. The summed E-state index contributed by atoms with van der Waals surface area (Å²) in [5, 5.41) is 0. The van der Waals surface area contributed by atoms with E-state index in [1.165, 1.54) is 6.42 Å². The summed E-state index contributed by atoms with van der Waals surface area (Å²) >= 11 is 0. The third-order valence-corrected chi connectivity index (χ3v) is 5.40. The summed E-state index contributed by atoms with van der Waals surface area (Å²) in [6.45, 7) is 8.93. The Morgan fingerprint density at radius 3 is 2.56 bits per heavy atom. The fraction of sp³-hybridized carbons (Fsp3) is 1.00. The van der Waals surface area contributed by atoms with Gasteiger partial charge >= 0.3 is 7.12 Å². The molecule has 1 saturated heterocycles. The number of rotatable bonds is 1. The van der Waals surface area contributed by atoms with Crippen molar-refractivity contribution in [3.8, 4) is 0 Å². The molecule has 0 unspecified atom stereocenters. The van der Waals surface area contributed by atoms with E-state index in [1.807, 2.05) is 6.92 Å².